The second kappa shape index (κ2) is 8.11. The number of benzene rings is 1. The van der Waals surface area contributed by atoms with Crippen LogP contribution in [0.5, 0.6) is 0 Å². The number of hydrogen-bond acceptors (Lipinski definition) is 3. The average Bonchev–Trinajstić information content (AvgIpc) is 3.01. The molecule has 1 aromatic carbocycles. The zero-order valence-corrected chi connectivity index (χ0v) is 15.5. The minimum absolute atomic E-state index is 0.00319. The Morgan fingerprint density at radius 2 is 1.84 bits per heavy atom. The average molecular weight is 344 g/mol. The molecule has 1 saturated heterocycles. The molecule has 0 bridgehead atoms. The van der Waals surface area contributed by atoms with Crippen molar-refractivity contribution in [3.8, 4) is 0 Å². The van der Waals surface area contributed by atoms with Crippen LogP contribution in [0, 0.1) is 11.7 Å². The third-order valence-corrected chi connectivity index (χ3v) is 4.85. The summed E-state index contributed by atoms with van der Waals surface area (Å²) in [5.74, 6) is 0.510. The molecule has 0 saturated carbocycles. The Bertz CT molecular complexity index is 657. The highest BCUT2D eigenvalue weighted by Gasteiger charge is 2.25. The topological polar surface area (TPSA) is 33.1 Å². The lowest BCUT2D eigenvalue weighted by Crippen LogP contribution is -2.44. The molecule has 1 fully saturated rings. The van der Waals surface area contributed by atoms with Crippen molar-refractivity contribution in [2.75, 3.05) is 19.6 Å². The van der Waals surface area contributed by atoms with Gasteiger partial charge in [0, 0.05) is 25.8 Å². The Balaban J connectivity index is 1.70. The Morgan fingerprint density at radius 3 is 2.40 bits per heavy atom. The van der Waals surface area contributed by atoms with Crippen LogP contribution in [0.1, 0.15) is 44.0 Å². The number of likely N-dealkylation sites (tertiary alicyclic amines) is 1. The first kappa shape index (κ1) is 18.1. The number of hydrogen-bond donors (Lipinski definition) is 1. The maximum Gasteiger partial charge on any atom is 0.123 e. The predicted octanol–water partition coefficient (Wildman–Crippen LogP) is 3.36. The molecular weight excluding hydrogens is 315 g/mol. The van der Waals surface area contributed by atoms with Crippen LogP contribution in [-0.2, 0) is 7.05 Å². The predicted molar refractivity (Wildman–Crippen MR) is 98.9 cm³/mol. The first-order valence-electron chi connectivity index (χ1n) is 9.24. The zero-order valence-electron chi connectivity index (χ0n) is 15.5. The van der Waals surface area contributed by atoms with Crippen molar-refractivity contribution in [3.05, 3.63) is 53.6 Å². The maximum absolute atomic E-state index is 13.3. The van der Waals surface area contributed by atoms with Crippen LogP contribution in [0.2, 0.25) is 0 Å². The number of piperidine rings is 1. The SMILES string of the molecule is CC(C)CN1CCC(N[C@@H](c2ccc(F)cc2)c2ccn(C)n2)CC1. The molecule has 0 aliphatic carbocycles. The fraction of sp³-hybridized carbons (Fsp3) is 0.550. The molecule has 0 amide bonds. The monoisotopic (exact) mass is 344 g/mol. The lowest BCUT2D eigenvalue weighted by Gasteiger charge is -2.35. The number of aromatic nitrogens is 2. The van der Waals surface area contributed by atoms with Crippen LogP contribution < -0.4 is 5.32 Å². The summed E-state index contributed by atoms with van der Waals surface area (Å²) in [7, 11) is 1.93. The highest BCUT2D eigenvalue weighted by Crippen LogP contribution is 2.24. The molecule has 136 valence electrons. The van der Waals surface area contributed by atoms with E-state index in [0.717, 1.165) is 37.2 Å². The normalized spacial score (nSPS) is 18.0. The summed E-state index contributed by atoms with van der Waals surface area (Å²) in [5, 5.41) is 8.35. The van der Waals surface area contributed by atoms with Gasteiger partial charge in [0.2, 0.25) is 0 Å². The van der Waals surface area contributed by atoms with Crippen molar-refractivity contribution in [1.29, 1.82) is 0 Å². The summed E-state index contributed by atoms with van der Waals surface area (Å²) in [5.41, 5.74) is 2.04. The van der Waals surface area contributed by atoms with E-state index >= 15 is 0 Å². The van der Waals surface area contributed by atoms with Gasteiger partial charge in [-0.1, -0.05) is 26.0 Å². The van der Waals surface area contributed by atoms with E-state index in [9.17, 15) is 4.39 Å². The van der Waals surface area contributed by atoms with Gasteiger partial charge in [0.25, 0.3) is 0 Å². The minimum atomic E-state index is -0.203. The van der Waals surface area contributed by atoms with Gasteiger partial charge in [-0.05, 0) is 55.6 Å². The Hall–Kier alpha value is -1.72. The van der Waals surface area contributed by atoms with Gasteiger partial charge in [-0.3, -0.25) is 4.68 Å². The Kier molecular flexibility index (Phi) is 5.86. The summed E-state index contributed by atoms with van der Waals surface area (Å²) in [4.78, 5) is 2.55. The minimum Gasteiger partial charge on any atom is -0.303 e. The molecule has 1 aromatic heterocycles. The fourth-order valence-corrected chi connectivity index (χ4v) is 3.63. The van der Waals surface area contributed by atoms with Gasteiger partial charge < -0.3 is 10.2 Å². The molecule has 0 radical (unpaired) electrons. The first-order chi connectivity index (χ1) is 12.0. The third-order valence-electron chi connectivity index (χ3n) is 4.85. The molecule has 1 aliphatic rings. The van der Waals surface area contributed by atoms with Gasteiger partial charge in [-0.25, -0.2) is 4.39 Å². The highest BCUT2D eigenvalue weighted by molar-refractivity contribution is 5.27. The third kappa shape index (κ3) is 4.89. The summed E-state index contributed by atoms with van der Waals surface area (Å²) in [6, 6.07) is 9.26. The van der Waals surface area contributed by atoms with Crippen LogP contribution in [0.3, 0.4) is 0 Å². The van der Waals surface area contributed by atoms with E-state index in [2.05, 4.69) is 29.2 Å². The summed E-state index contributed by atoms with van der Waals surface area (Å²) < 4.78 is 15.1. The lowest BCUT2D eigenvalue weighted by atomic mass is 9.98. The number of aryl methyl sites for hydroxylation is 1. The number of nitrogens with zero attached hydrogens (tertiary/aromatic N) is 3. The second-order valence-electron chi connectivity index (χ2n) is 7.53. The molecule has 2 aromatic rings. The van der Waals surface area contributed by atoms with E-state index in [-0.39, 0.29) is 11.9 Å². The van der Waals surface area contributed by atoms with Crippen molar-refractivity contribution >= 4 is 0 Å². The van der Waals surface area contributed by atoms with Crippen molar-refractivity contribution in [2.45, 2.75) is 38.8 Å². The van der Waals surface area contributed by atoms with Gasteiger partial charge in [0.05, 0.1) is 11.7 Å². The van der Waals surface area contributed by atoms with Gasteiger partial charge >= 0.3 is 0 Å². The van der Waals surface area contributed by atoms with Gasteiger partial charge in [0.1, 0.15) is 5.82 Å². The Morgan fingerprint density at radius 1 is 1.16 bits per heavy atom. The molecule has 5 heteroatoms. The van der Waals surface area contributed by atoms with Gasteiger partial charge in [-0.2, -0.15) is 5.10 Å². The number of nitrogens with one attached hydrogen (secondary N) is 1. The molecule has 1 atom stereocenters. The maximum atomic E-state index is 13.3. The number of rotatable bonds is 6. The standard InChI is InChI=1S/C20H29FN4/c1-15(2)14-25-12-8-18(9-13-25)22-20(19-10-11-24(3)23-19)16-4-6-17(21)7-5-16/h4-7,10-11,15,18,20,22H,8-9,12-14H2,1-3H3/t20-/m0/s1. The largest absolute Gasteiger partial charge is 0.303 e. The van der Waals surface area contributed by atoms with Gasteiger partial charge in [-0.15, -0.1) is 0 Å². The Labute approximate surface area is 150 Å². The van der Waals surface area contributed by atoms with E-state index in [1.165, 1.54) is 18.7 Å². The molecule has 0 unspecified atom stereocenters. The van der Waals surface area contributed by atoms with Crippen LogP contribution in [-0.4, -0.2) is 40.4 Å². The molecular formula is C20H29FN4. The lowest BCUT2D eigenvalue weighted by molar-refractivity contribution is 0.176. The molecule has 3 rings (SSSR count). The van der Waals surface area contributed by atoms with E-state index in [1.54, 1.807) is 0 Å². The summed E-state index contributed by atoms with van der Waals surface area (Å²) in [6.45, 7) is 7.99. The van der Waals surface area contributed by atoms with E-state index < -0.39 is 0 Å². The molecule has 25 heavy (non-hydrogen) atoms. The quantitative estimate of drug-likeness (QED) is 0.872. The van der Waals surface area contributed by atoms with Gasteiger partial charge in [0.15, 0.2) is 0 Å². The second-order valence-corrected chi connectivity index (χ2v) is 7.53. The van der Waals surface area contributed by atoms with Crippen molar-refractivity contribution in [2.24, 2.45) is 13.0 Å². The van der Waals surface area contributed by atoms with Crippen LogP contribution in [0.4, 0.5) is 4.39 Å². The van der Waals surface area contributed by atoms with E-state index in [4.69, 9.17) is 0 Å². The summed E-state index contributed by atoms with van der Waals surface area (Å²) >= 11 is 0. The molecule has 2 heterocycles. The van der Waals surface area contributed by atoms with E-state index in [1.807, 2.05) is 36.1 Å². The first-order valence-corrected chi connectivity index (χ1v) is 9.24. The van der Waals surface area contributed by atoms with Crippen molar-refractivity contribution in [3.63, 3.8) is 0 Å². The number of halogens is 1. The fourth-order valence-electron chi connectivity index (χ4n) is 3.63. The molecule has 4 nitrogen and oxygen atoms in total. The smallest absolute Gasteiger partial charge is 0.123 e. The molecule has 0 spiro atoms. The molecule has 1 aliphatic heterocycles. The van der Waals surface area contributed by atoms with E-state index in [0.29, 0.717) is 12.0 Å². The van der Waals surface area contributed by atoms with Crippen molar-refractivity contribution in [1.82, 2.24) is 20.0 Å². The van der Waals surface area contributed by atoms with Crippen LogP contribution in [0.15, 0.2) is 36.5 Å². The van der Waals surface area contributed by atoms with Crippen LogP contribution >= 0.6 is 0 Å². The molecule has 1 N–H and O–H groups in total. The summed E-state index contributed by atoms with van der Waals surface area (Å²) in [6.07, 6.45) is 4.23. The van der Waals surface area contributed by atoms with Crippen molar-refractivity contribution < 1.29 is 4.39 Å². The zero-order chi connectivity index (χ0) is 17.8. The van der Waals surface area contributed by atoms with Crippen LogP contribution in [0.25, 0.3) is 0 Å². The highest BCUT2D eigenvalue weighted by atomic mass is 19.1.